The number of nitriles is 1. The predicted molar refractivity (Wildman–Crippen MR) is 132 cm³/mol. The maximum absolute atomic E-state index is 9.41. The smallest absolute Gasteiger partial charge is 0.212 e. The Labute approximate surface area is 201 Å². The van der Waals surface area contributed by atoms with E-state index in [2.05, 4.69) is 27.0 Å². The average Bonchev–Trinajstić information content (AvgIpc) is 2.88. The second-order valence-corrected chi connectivity index (χ2v) is 9.36. The van der Waals surface area contributed by atoms with Crippen LogP contribution in [0.15, 0.2) is 48.8 Å². The summed E-state index contributed by atoms with van der Waals surface area (Å²) in [7, 11) is 3.28. The Bertz CT molecular complexity index is 1160. The topological polar surface area (TPSA) is 84.2 Å². The molecular formula is C27H31N5O2. The Balaban J connectivity index is 1.67. The van der Waals surface area contributed by atoms with Gasteiger partial charge in [-0.2, -0.15) is 5.26 Å². The van der Waals surface area contributed by atoms with E-state index in [1.54, 1.807) is 20.4 Å². The van der Waals surface area contributed by atoms with Crippen molar-refractivity contribution in [3.63, 3.8) is 0 Å². The first-order valence-electron chi connectivity index (χ1n) is 11.6. The molecule has 7 nitrogen and oxygen atoms in total. The van der Waals surface area contributed by atoms with Gasteiger partial charge in [0, 0.05) is 42.0 Å². The molecule has 0 unspecified atom stereocenters. The molecule has 0 aliphatic carbocycles. The largest absolute Gasteiger partial charge is 0.497 e. The molecule has 0 radical (unpaired) electrons. The van der Waals surface area contributed by atoms with Crippen LogP contribution >= 0.6 is 0 Å². The number of benzene rings is 1. The first-order valence-corrected chi connectivity index (χ1v) is 11.6. The molecule has 7 heteroatoms. The zero-order chi connectivity index (χ0) is 24.1. The normalized spacial score (nSPS) is 15.0. The minimum absolute atomic E-state index is 0.301. The van der Waals surface area contributed by atoms with Gasteiger partial charge in [-0.25, -0.2) is 15.0 Å². The van der Waals surface area contributed by atoms with E-state index in [9.17, 15) is 5.26 Å². The summed E-state index contributed by atoms with van der Waals surface area (Å²) in [6.07, 6.45) is 5.63. The highest BCUT2D eigenvalue weighted by Crippen LogP contribution is 2.36. The fourth-order valence-corrected chi connectivity index (χ4v) is 4.45. The second-order valence-electron chi connectivity index (χ2n) is 9.36. The fourth-order valence-electron chi connectivity index (χ4n) is 4.45. The summed E-state index contributed by atoms with van der Waals surface area (Å²) < 4.78 is 10.6. The standard InChI is InChI=1S/C27H31N5O2/c1-27(2,17-28)18-32-12-10-19(11-13-32)25-23(20-6-5-7-22(14-20)33-3)16-30-26(31-25)21-8-9-24(34-4)29-15-21/h5-9,14-16,19H,10-13,18H2,1-4H3. The van der Waals surface area contributed by atoms with E-state index >= 15 is 0 Å². The van der Waals surface area contributed by atoms with Crippen molar-refractivity contribution >= 4 is 0 Å². The van der Waals surface area contributed by atoms with E-state index < -0.39 is 0 Å². The number of rotatable bonds is 7. The molecule has 2 aromatic heterocycles. The van der Waals surface area contributed by atoms with Crippen molar-refractivity contribution in [2.24, 2.45) is 5.41 Å². The third-order valence-corrected chi connectivity index (χ3v) is 6.30. The number of methoxy groups -OCH3 is 2. The lowest BCUT2D eigenvalue weighted by Crippen LogP contribution is -2.39. The van der Waals surface area contributed by atoms with Crippen molar-refractivity contribution in [1.29, 1.82) is 5.26 Å². The number of likely N-dealkylation sites (tertiary alicyclic amines) is 1. The summed E-state index contributed by atoms with van der Waals surface area (Å²) in [4.78, 5) is 16.5. The highest BCUT2D eigenvalue weighted by atomic mass is 16.5. The molecule has 1 aliphatic rings. The molecule has 0 spiro atoms. The number of aromatic nitrogens is 3. The molecule has 0 atom stereocenters. The van der Waals surface area contributed by atoms with Crippen LogP contribution in [0.1, 0.15) is 38.3 Å². The number of hydrogen-bond donors (Lipinski definition) is 0. The molecule has 1 aliphatic heterocycles. The number of ether oxygens (including phenoxy) is 2. The third-order valence-electron chi connectivity index (χ3n) is 6.30. The van der Waals surface area contributed by atoms with Crippen molar-refractivity contribution in [1.82, 2.24) is 19.9 Å². The van der Waals surface area contributed by atoms with E-state index in [1.807, 2.05) is 50.4 Å². The van der Waals surface area contributed by atoms with Gasteiger partial charge in [-0.15, -0.1) is 0 Å². The molecule has 0 N–H and O–H groups in total. The number of pyridine rings is 1. The van der Waals surface area contributed by atoms with Crippen LogP contribution in [0.25, 0.3) is 22.5 Å². The first kappa shape index (κ1) is 23.7. The van der Waals surface area contributed by atoms with Gasteiger partial charge < -0.3 is 14.4 Å². The number of hydrogen-bond acceptors (Lipinski definition) is 7. The molecule has 0 bridgehead atoms. The van der Waals surface area contributed by atoms with Crippen molar-refractivity contribution < 1.29 is 9.47 Å². The van der Waals surface area contributed by atoms with Gasteiger partial charge in [-0.05, 0) is 63.5 Å². The van der Waals surface area contributed by atoms with Crippen LogP contribution < -0.4 is 9.47 Å². The molecule has 4 rings (SSSR count). The average molecular weight is 458 g/mol. The highest BCUT2D eigenvalue weighted by Gasteiger charge is 2.28. The van der Waals surface area contributed by atoms with E-state index in [1.165, 1.54) is 0 Å². The molecule has 3 aromatic rings. The molecule has 176 valence electrons. The van der Waals surface area contributed by atoms with Crippen molar-refractivity contribution in [2.75, 3.05) is 33.9 Å². The molecule has 1 fully saturated rings. The Morgan fingerprint density at radius 2 is 1.82 bits per heavy atom. The van der Waals surface area contributed by atoms with Gasteiger partial charge in [0.2, 0.25) is 5.88 Å². The number of nitrogens with zero attached hydrogens (tertiary/aromatic N) is 5. The van der Waals surface area contributed by atoms with Crippen LogP contribution in [0, 0.1) is 16.7 Å². The van der Waals surface area contributed by atoms with Crippen molar-refractivity contribution in [3.8, 4) is 40.2 Å². The van der Waals surface area contributed by atoms with Gasteiger partial charge >= 0.3 is 0 Å². The Morgan fingerprint density at radius 3 is 2.47 bits per heavy atom. The van der Waals surface area contributed by atoms with Crippen LogP contribution in [0.3, 0.4) is 0 Å². The summed E-state index contributed by atoms with van der Waals surface area (Å²) in [6.45, 7) is 6.66. The SMILES string of the molecule is COc1cccc(-c2cnc(-c3ccc(OC)nc3)nc2C2CCN(CC(C)(C)C#N)CC2)c1. The Morgan fingerprint density at radius 1 is 1.03 bits per heavy atom. The van der Waals surface area contributed by atoms with E-state index in [0.717, 1.165) is 60.6 Å². The summed E-state index contributed by atoms with van der Waals surface area (Å²) in [5.74, 6) is 2.32. The fraction of sp³-hybridized carbons (Fsp3) is 0.407. The second kappa shape index (κ2) is 10.2. The van der Waals surface area contributed by atoms with Crippen LogP contribution in [0.4, 0.5) is 0 Å². The van der Waals surface area contributed by atoms with Gasteiger partial charge in [0.05, 0.1) is 31.4 Å². The molecule has 0 saturated carbocycles. The zero-order valence-electron chi connectivity index (χ0n) is 20.3. The van der Waals surface area contributed by atoms with Crippen LogP contribution in [0.5, 0.6) is 11.6 Å². The monoisotopic (exact) mass is 457 g/mol. The van der Waals surface area contributed by atoms with Gasteiger partial charge in [0.1, 0.15) is 5.75 Å². The summed E-state index contributed by atoms with van der Waals surface area (Å²) in [6, 6.07) is 14.2. The lowest BCUT2D eigenvalue weighted by molar-refractivity contribution is 0.169. The molecule has 34 heavy (non-hydrogen) atoms. The van der Waals surface area contributed by atoms with E-state index in [0.29, 0.717) is 17.6 Å². The van der Waals surface area contributed by atoms with Gasteiger partial charge in [0.25, 0.3) is 0 Å². The van der Waals surface area contributed by atoms with Crippen LogP contribution in [0.2, 0.25) is 0 Å². The molecule has 1 saturated heterocycles. The minimum atomic E-state index is -0.345. The van der Waals surface area contributed by atoms with Crippen molar-refractivity contribution in [2.45, 2.75) is 32.6 Å². The maximum Gasteiger partial charge on any atom is 0.212 e. The third kappa shape index (κ3) is 5.35. The minimum Gasteiger partial charge on any atom is -0.497 e. The quantitative estimate of drug-likeness (QED) is 0.496. The lowest BCUT2D eigenvalue weighted by Gasteiger charge is -2.35. The first-order chi connectivity index (χ1) is 16.4. The van der Waals surface area contributed by atoms with E-state index in [-0.39, 0.29) is 5.41 Å². The van der Waals surface area contributed by atoms with Gasteiger partial charge in [-0.1, -0.05) is 12.1 Å². The maximum atomic E-state index is 9.41. The van der Waals surface area contributed by atoms with Crippen molar-refractivity contribution in [3.05, 3.63) is 54.5 Å². The molecule has 3 heterocycles. The van der Waals surface area contributed by atoms with Crippen LogP contribution in [-0.4, -0.2) is 53.7 Å². The Kier molecular flexibility index (Phi) is 7.09. The van der Waals surface area contributed by atoms with Gasteiger partial charge in [-0.3, -0.25) is 0 Å². The summed E-state index contributed by atoms with van der Waals surface area (Å²) >= 11 is 0. The van der Waals surface area contributed by atoms with Gasteiger partial charge in [0.15, 0.2) is 5.82 Å². The molecule has 0 amide bonds. The molecular weight excluding hydrogens is 426 g/mol. The predicted octanol–water partition coefficient (Wildman–Crippen LogP) is 4.95. The van der Waals surface area contributed by atoms with Crippen LogP contribution in [-0.2, 0) is 0 Å². The Hall–Kier alpha value is -3.50. The zero-order valence-corrected chi connectivity index (χ0v) is 20.3. The lowest BCUT2D eigenvalue weighted by atomic mass is 9.87. The highest BCUT2D eigenvalue weighted by molar-refractivity contribution is 5.69. The summed E-state index contributed by atoms with van der Waals surface area (Å²) in [5.41, 5.74) is 3.63. The van der Waals surface area contributed by atoms with E-state index in [4.69, 9.17) is 14.5 Å². The summed E-state index contributed by atoms with van der Waals surface area (Å²) in [5, 5.41) is 9.41. The number of piperidine rings is 1. The molecule has 1 aromatic carbocycles.